The number of amides is 2. The number of halogens is 5. The van der Waals surface area contributed by atoms with Gasteiger partial charge in [-0.05, 0) is 45.9 Å². The van der Waals surface area contributed by atoms with Gasteiger partial charge in [0.2, 0.25) is 5.91 Å². The van der Waals surface area contributed by atoms with E-state index in [1.165, 1.54) is 42.2 Å². The Bertz CT molecular complexity index is 1660. The van der Waals surface area contributed by atoms with Crippen molar-refractivity contribution in [2.75, 3.05) is 23.3 Å². The molecule has 0 saturated carbocycles. The first kappa shape index (κ1) is 30.0. The molecule has 228 valence electrons. The third-order valence-electron chi connectivity index (χ3n) is 7.35. The van der Waals surface area contributed by atoms with Crippen molar-refractivity contribution in [2.45, 2.75) is 57.5 Å². The van der Waals surface area contributed by atoms with Crippen molar-refractivity contribution < 1.29 is 36.3 Å². The normalized spacial score (nSPS) is 16.9. The van der Waals surface area contributed by atoms with Crippen LogP contribution in [0.3, 0.4) is 0 Å². The van der Waals surface area contributed by atoms with Gasteiger partial charge in [-0.1, -0.05) is 24.3 Å². The molecule has 2 N–H and O–H groups in total. The molecule has 43 heavy (non-hydrogen) atoms. The van der Waals surface area contributed by atoms with Gasteiger partial charge >= 0.3 is 18.0 Å². The van der Waals surface area contributed by atoms with Crippen molar-refractivity contribution in [1.29, 1.82) is 0 Å². The number of ether oxygens (including phenoxy) is 1. The fraction of sp³-hybridized carbons (Fsp3) is 0.379. The zero-order valence-electron chi connectivity index (χ0n) is 23.6. The number of rotatable bonds is 4. The molecule has 2 aliphatic rings. The van der Waals surface area contributed by atoms with Crippen molar-refractivity contribution in [3.8, 4) is 0 Å². The van der Waals surface area contributed by atoms with E-state index in [2.05, 4.69) is 15.3 Å². The lowest BCUT2D eigenvalue weighted by atomic mass is 9.71. The largest absolute Gasteiger partial charge is 0.444 e. The smallest absolute Gasteiger partial charge is 0.419 e. The summed E-state index contributed by atoms with van der Waals surface area (Å²) in [5, 5.41) is 2.82. The third-order valence-corrected chi connectivity index (χ3v) is 7.35. The van der Waals surface area contributed by atoms with Crippen molar-refractivity contribution in [1.82, 2.24) is 14.9 Å². The van der Waals surface area contributed by atoms with Crippen LogP contribution in [0.15, 0.2) is 47.3 Å². The van der Waals surface area contributed by atoms with Crippen LogP contribution >= 0.6 is 0 Å². The summed E-state index contributed by atoms with van der Waals surface area (Å²) in [6.07, 6.45) is -5.63. The monoisotopic (exact) mass is 605 g/mol. The van der Waals surface area contributed by atoms with E-state index in [0.717, 1.165) is 11.0 Å². The molecule has 2 amide bonds. The molecule has 14 heteroatoms. The van der Waals surface area contributed by atoms with E-state index >= 15 is 0 Å². The quantitative estimate of drug-likeness (QED) is 0.393. The van der Waals surface area contributed by atoms with E-state index < -0.39 is 58.1 Å². The number of H-pyrrole nitrogens is 1. The van der Waals surface area contributed by atoms with Gasteiger partial charge < -0.3 is 24.8 Å². The highest BCUT2D eigenvalue weighted by molar-refractivity contribution is 6.05. The molecular weight excluding hydrogens is 577 g/mol. The van der Waals surface area contributed by atoms with Crippen molar-refractivity contribution in [2.24, 2.45) is 0 Å². The van der Waals surface area contributed by atoms with Crippen LogP contribution in [0.1, 0.15) is 56.1 Å². The molecule has 0 radical (unpaired) electrons. The Hall–Kier alpha value is -4.49. The number of aromatic nitrogens is 2. The lowest BCUT2D eigenvalue weighted by molar-refractivity contribution is -0.140. The van der Waals surface area contributed by atoms with Crippen LogP contribution < -0.4 is 15.9 Å². The van der Waals surface area contributed by atoms with Gasteiger partial charge in [0.1, 0.15) is 28.5 Å². The third kappa shape index (κ3) is 5.41. The molecule has 3 aromatic rings. The second-order valence-corrected chi connectivity index (χ2v) is 11.6. The molecule has 3 heterocycles. The number of hydrogen-bond acceptors (Lipinski definition) is 6. The van der Waals surface area contributed by atoms with E-state index in [9.17, 15) is 36.3 Å². The van der Waals surface area contributed by atoms with Crippen LogP contribution in [0, 0.1) is 11.6 Å². The van der Waals surface area contributed by atoms with Crippen LogP contribution in [0.5, 0.6) is 0 Å². The molecule has 2 aromatic carbocycles. The first-order valence-corrected chi connectivity index (χ1v) is 13.3. The van der Waals surface area contributed by atoms with Gasteiger partial charge in [-0.15, -0.1) is 0 Å². The average Bonchev–Trinajstić information content (AvgIpc) is 2.86. The highest BCUT2D eigenvalue weighted by Crippen LogP contribution is 2.45. The predicted molar refractivity (Wildman–Crippen MR) is 145 cm³/mol. The number of likely N-dealkylation sites (tertiary alicyclic amines) is 1. The van der Waals surface area contributed by atoms with E-state index in [0.29, 0.717) is 6.07 Å². The Kier molecular flexibility index (Phi) is 7.22. The zero-order chi connectivity index (χ0) is 31.5. The maximum absolute atomic E-state index is 15.0. The number of aromatic amines is 1. The fourth-order valence-corrected chi connectivity index (χ4v) is 5.38. The zero-order valence-corrected chi connectivity index (χ0v) is 23.6. The van der Waals surface area contributed by atoms with E-state index in [-0.39, 0.29) is 48.0 Å². The number of anilines is 2. The molecule has 0 aliphatic carbocycles. The molecule has 1 saturated heterocycles. The number of carbonyl (C=O) groups is 2. The predicted octanol–water partition coefficient (Wildman–Crippen LogP) is 5.28. The molecule has 1 atom stereocenters. The summed E-state index contributed by atoms with van der Waals surface area (Å²) in [5.74, 6) is -2.91. The van der Waals surface area contributed by atoms with E-state index in [4.69, 9.17) is 4.74 Å². The fourth-order valence-electron chi connectivity index (χ4n) is 5.38. The molecule has 1 fully saturated rings. The Morgan fingerprint density at radius 1 is 1.07 bits per heavy atom. The Morgan fingerprint density at radius 3 is 2.37 bits per heavy atom. The van der Waals surface area contributed by atoms with Crippen molar-refractivity contribution in [3.63, 3.8) is 0 Å². The maximum Gasteiger partial charge on any atom is 0.419 e. The van der Waals surface area contributed by atoms with Gasteiger partial charge in [0.25, 0.3) is 0 Å². The lowest BCUT2D eigenvalue weighted by Crippen LogP contribution is -2.70. The summed E-state index contributed by atoms with van der Waals surface area (Å²) in [7, 11) is 0. The summed E-state index contributed by atoms with van der Waals surface area (Å²) in [6.45, 7) is 5.71. The molecule has 5 rings (SSSR count). The summed E-state index contributed by atoms with van der Waals surface area (Å²) in [6, 6.07) is 7.27. The van der Waals surface area contributed by atoms with Gasteiger partial charge in [0.15, 0.2) is 0 Å². The summed E-state index contributed by atoms with van der Waals surface area (Å²) >= 11 is 0. The minimum atomic E-state index is -4.93. The van der Waals surface area contributed by atoms with Gasteiger partial charge in [-0.25, -0.2) is 18.4 Å². The second-order valence-electron chi connectivity index (χ2n) is 11.6. The standard InChI is InChI=1S/C29H28F5N5O4/c1-15(16-8-7-9-18(21(16)31)29(32,33)34)35-23-17-12-39(20-11-6-5-10-19(20)30)24(40)28(22(17)36-25(41)37-23)13-38(14-28)26(42)43-27(2,3)4/h5-11,15H,12-14H2,1-4H3,(H2,35,36,37,41)/t15-/m1/s1. The Balaban J connectivity index is 1.58. The summed E-state index contributed by atoms with van der Waals surface area (Å²) in [4.78, 5) is 48.5. The molecule has 9 nitrogen and oxygen atoms in total. The summed E-state index contributed by atoms with van der Waals surface area (Å²) < 4.78 is 75.4. The van der Waals surface area contributed by atoms with Crippen LogP contribution in [-0.2, 0) is 27.7 Å². The highest BCUT2D eigenvalue weighted by atomic mass is 19.4. The molecule has 0 bridgehead atoms. The van der Waals surface area contributed by atoms with Crippen LogP contribution in [0.2, 0.25) is 0 Å². The first-order valence-electron chi connectivity index (χ1n) is 13.3. The number of nitrogens with zero attached hydrogens (tertiary/aromatic N) is 3. The molecular formula is C29H28F5N5O4. The summed E-state index contributed by atoms with van der Waals surface area (Å²) in [5.41, 5.74) is -4.74. The topological polar surface area (TPSA) is 108 Å². The molecule has 0 unspecified atom stereocenters. The van der Waals surface area contributed by atoms with Gasteiger partial charge in [0, 0.05) is 29.9 Å². The van der Waals surface area contributed by atoms with Crippen LogP contribution in [0.25, 0.3) is 0 Å². The minimum Gasteiger partial charge on any atom is -0.444 e. The second kappa shape index (κ2) is 10.3. The van der Waals surface area contributed by atoms with E-state index in [1.807, 2.05) is 0 Å². The number of benzene rings is 2. The number of fused-ring (bicyclic) bond motifs is 2. The first-order chi connectivity index (χ1) is 20.0. The number of nitrogens with one attached hydrogen (secondary N) is 2. The van der Waals surface area contributed by atoms with Gasteiger partial charge in [-0.2, -0.15) is 18.2 Å². The number of carbonyl (C=O) groups excluding carboxylic acids is 2. The highest BCUT2D eigenvalue weighted by Gasteiger charge is 2.59. The van der Waals surface area contributed by atoms with Crippen molar-refractivity contribution in [3.05, 3.63) is 87.0 Å². The molecule has 1 aromatic heterocycles. The Morgan fingerprint density at radius 2 is 1.74 bits per heavy atom. The maximum atomic E-state index is 15.0. The SMILES string of the molecule is C[C@@H](Nc1nc(=O)[nH]c2c1CN(c1ccccc1F)C(=O)C21CN(C(=O)OC(C)(C)C)C1)c1cccc(C(F)(F)F)c1F. The van der Waals surface area contributed by atoms with Crippen LogP contribution in [0.4, 0.5) is 38.3 Å². The average molecular weight is 606 g/mol. The minimum absolute atomic E-state index is 0.0673. The Labute approximate surface area is 242 Å². The van der Waals surface area contributed by atoms with Crippen LogP contribution in [-0.4, -0.2) is 45.6 Å². The number of para-hydroxylation sites is 1. The number of hydrogen-bond donors (Lipinski definition) is 2. The van der Waals surface area contributed by atoms with Gasteiger partial charge in [-0.3, -0.25) is 4.79 Å². The lowest BCUT2D eigenvalue weighted by Gasteiger charge is -2.52. The molecule has 1 spiro atoms. The van der Waals surface area contributed by atoms with Crippen molar-refractivity contribution >= 4 is 23.5 Å². The van der Waals surface area contributed by atoms with Gasteiger partial charge in [0.05, 0.1) is 23.8 Å². The number of alkyl halides is 3. The van der Waals surface area contributed by atoms with E-state index in [1.54, 1.807) is 20.8 Å². The molecule has 2 aliphatic heterocycles.